The summed E-state index contributed by atoms with van der Waals surface area (Å²) in [6, 6.07) is 8.88. The number of allylic oxidation sites excluding steroid dienone is 1. The Morgan fingerprint density at radius 1 is 1.00 bits per heavy atom. The Bertz CT molecular complexity index is 940. The second-order valence-electron chi connectivity index (χ2n) is 10.0. The summed E-state index contributed by atoms with van der Waals surface area (Å²) in [4.78, 5) is 27.1. The molecule has 4 rings (SSSR count). The molecule has 0 bridgehead atoms. The van der Waals surface area contributed by atoms with Crippen molar-refractivity contribution in [2.75, 3.05) is 13.1 Å². The Kier molecular flexibility index (Phi) is 10.3. The van der Waals surface area contributed by atoms with Gasteiger partial charge in [-0.3, -0.25) is 14.7 Å². The number of nitrogens with one attached hydrogen (secondary N) is 2. The summed E-state index contributed by atoms with van der Waals surface area (Å²) >= 11 is 0. The van der Waals surface area contributed by atoms with Crippen LogP contribution in [0.4, 0.5) is 0 Å². The highest BCUT2D eigenvalue weighted by Crippen LogP contribution is 2.18. The molecule has 0 spiro atoms. The minimum Gasteiger partial charge on any atom is -0.348 e. The van der Waals surface area contributed by atoms with Crippen LogP contribution in [-0.4, -0.2) is 45.5 Å². The number of hydrogen-bond acceptors (Lipinski definition) is 5. The molecule has 188 valence electrons. The maximum Gasteiger partial charge on any atom is 0.162 e. The zero-order valence-corrected chi connectivity index (χ0v) is 21.1. The van der Waals surface area contributed by atoms with E-state index in [1.165, 1.54) is 49.8 Å². The molecule has 1 fully saturated rings. The first-order chi connectivity index (χ1) is 17.3. The predicted molar refractivity (Wildman–Crippen MR) is 143 cm³/mol. The van der Waals surface area contributed by atoms with Gasteiger partial charge in [0.2, 0.25) is 0 Å². The third-order valence-corrected chi connectivity index (χ3v) is 7.10. The number of rotatable bonds is 14. The van der Waals surface area contributed by atoms with Crippen LogP contribution in [-0.2, 0) is 13.1 Å². The van der Waals surface area contributed by atoms with E-state index in [0.717, 1.165) is 69.3 Å². The van der Waals surface area contributed by atoms with Crippen molar-refractivity contribution in [2.24, 2.45) is 4.99 Å². The first kappa shape index (κ1) is 25.5. The number of Topliss-reactive ketones (excluding diaryl/α,β-unsaturated/α-hetero) is 1. The number of carbonyl (C=O) groups excluding carboxylic acids is 1. The molecule has 35 heavy (non-hydrogen) atoms. The summed E-state index contributed by atoms with van der Waals surface area (Å²) in [6.07, 6.45) is 20.6. The fraction of sp³-hybridized carbons (Fsp3) is 0.552. The Balaban J connectivity index is 1.18. The van der Waals surface area contributed by atoms with E-state index in [2.05, 4.69) is 43.4 Å². The zero-order valence-electron chi connectivity index (χ0n) is 21.1. The van der Waals surface area contributed by atoms with Crippen molar-refractivity contribution in [2.45, 2.75) is 89.8 Å². The molecule has 2 N–H and O–H groups in total. The number of aliphatic imine (C=N–C) groups is 1. The maximum absolute atomic E-state index is 12.7. The molecule has 0 atom stereocenters. The van der Waals surface area contributed by atoms with Gasteiger partial charge < -0.3 is 10.3 Å². The Hall–Kier alpha value is -2.57. The summed E-state index contributed by atoms with van der Waals surface area (Å²) in [5, 5.41) is 3.73. The van der Waals surface area contributed by atoms with Crippen LogP contribution in [0.25, 0.3) is 0 Å². The van der Waals surface area contributed by atoms with E-state index in [0.29, 0.717) is 6.42 Å². The van der Waals surface area contributed by atoms with E-state index in [1.807, 2.05) is 24.5 Å². The van der Waals surface area contributed by atoms with Crippen LogP contribution in [0.15, 0.2) is 53.9 Å². The van der Waals surface area contributed by atoms with E-state index >= 15 is 0 Å². The van der Waals surface area contributed by atoms with Gasteiger partial charge >= 0.3 is 0 Å². The highest BCUT2D eigenvalue weighted by atomic mass is 16.1. The van der Waals surface area contributed by atoms with Crippen LogP contribution in [0.2, 0.25) is 0 Å². The average molecular weight is 476 g/mol. The Morgan fingerprint density at radius 2 is 1.83 bits per heavy atom. The minimum absolute atomic E-state index is 0.257. The van der Waals surface area contributed by atoms with Crippen molar-refractivity contribution in [1.29, 1.82) is 0 Å². The lowest BCUT2D eigenvalue weighted by Crippen LogP contribution is -2.29. The average Bonchev–Trinajstić information content (AvgIpc) is 3.51. The third kappa shape index (κ3) is 8.86. The van der Waals surface area contributed by atoms with Crippen LogP contribution < -0.4 is 5.32 Å². The monoisotopic (exact) mass is 475 g/mol. The van der Waals surface area contributed by atoms with Gasteiger partial charge in [-0.2, -0.15) is 0 Å². The smallest absolute Gasteiger partial charge is 0.162 e. The topological polar surface area (TPSA) is 73.4 Å². The first-order valence-corrected chi connectivity index (χ1v) is 13.5. The van der Waals surface area contributed by atoms with Crippen molar-refractivity contribution >= 4 is 11.5 Å². The normalized spacial score (nSPS) is 16.5. The van der Waals surface area contributed by atoms with Gasteiger partial charge in [0.05, 0.1) is 6.54 Å². The fourth-order valence-electron chi connectivity index (χ4n) is 5.10. The quantitative estimate of drug-likeness (QED) is 0.205. The number of aromatic amines is 1. The molecular formula is C29H41N5O. The molecule has 2 aliphatic rings. The van der Waals surface area contributed by atoms with Gasteiger partial charge in [0.25, 0.3) is 0 Å². The molecule has 1 aliphatic carbocycles. The van der Waals surface area contributed by atoms with Gasteiger partial charge in [0.15, 0.2) is 5.78 Å². The fourth-order valence-corrected chi connectivity index (χ4v) is 5.10. The lowest BCUT2D eigenvalue weighted by Gasteiger charge is -2.21. The summed E-state index contributed by atoms with van der Waals surface area (Å²) in [5.41, 5.74) is 3.20. The van der Waals surface area contributed by atoms with Crippen molar-refractivity contribution < 1.29 is 4.79 Å². The number of carbonyl (C=O) groups is 1. The number of benzene rings is 1. The van der Waals surface area contributed by atoms with Crippen LogP contribution >= 0.6 is 0 Å². The van der Waals surface area contributed by atoms with Crippen molar-refractivity contribution in [3.63, 3.8) is 0 Å². The van der Waals surface area contributed by atoms with Gasteiger partial charge in [-0.15, -0.1) is 0 Å². The molecule has 6 heteroatoms. The molecule has 0 amide bonds. The standard InChI is InChI=1S/C29H41N5O/c35-28(12-6-3-7-17-30-26-9-4-1-2-5-10-26)25-15-13-24(14-16-25)21-34(22-27-11-8-18-31-27)23-29-32-19-20-33-29/h8,13-16,18-20,26,30H,1-7,9-12,17,21-23H2,(H,32,33). The van der Waals surface area contributed by atoms with Crippen LogP contribution in [0.5, 0.6) is 0 Å². The van der Waals surface area contributed by atoms with E-state index in [-0.39, 0.29) is 5.78 Å². The molecule has 6 nitrogen and oxygen atoms in total. The number of H-pyrrole nitrogens is 1. The highest BCUT2D eigenvalue weighted by Gasteiger charge is 2.14. The van der Waals surface area contributed by atoms with Gasteiger partial charge in [-0.05, 0) is 37.8 Å². The summed E-state index contributed by atoms with van der Waals surface area (Å²) in [6.45, 7) is 3.43. The molecule has 0 radical (unpaired) electrons. The number of hydrogen-bond donors (Lipinski definition) is 2. The molecule has 1 aromatic carbocycles. The first-order valence-electron chi connectivity index (χ1n) is 13.5. The molecule has 0 saturated heterocycles. The number of unbranched alkanes of at least 4 members (excludes halogenated alkanes) is 2. The number of nitrogens with zero attached hydrogens (tertiary/aromatic N) is 3. The molecule has 1 aliphatic heterocycles. The van der Waals surface area contributed by atoms with E-state index in [9.17, 15) is 4.79 Å². The van der Waals surface area contributed by atoms with Crippen molar-refractivity contribution in [1.82, 2.24) is 20.2 Å². The van der Waals surface area contributed by atoms with Gasteiger partial charge in [-0.1, -0.05) is 62.4 Å². The molecular weight excluding hydrogens is 434 g/mol. The summed E-state index contributed by atoms with van der Waals surface area (Å²) in [7, 11) is 0. The number of ketones is 1. The van der Waals surface area contributed by atoms with Crippen LogP contribution in [0.3, 0.4) is 0 Å². The lowest BCUT2D eigenvalue weighted by atomic mass is 10.0. The Morgan fingerprint density at radius 3 is 2.54 bits per heavy atom. The summed E-state index contributed by atoms with van der Waals surface area (Å²) < 4.78 is 0. The van der Waals surface area contributed by atoms with E-state index in [4.69, 9.17) is 0 Å². The molecule has 0 unspecified atom stereocenters. The third-order valence-electron chi connectivity index (χ3n) is 7.10. The minimum atomic E-state index is 0.257. The predicted octanol–water partition coefficient (Wildman–Crippen LogP) is 5.83. The Labute approximate surface area is 210 Å². The molecule has 1 saturated carbocycles. The summed E-state index contributed by atoms with van der Waals surface area (Å²) in [5.74, 6) is 1.21. The van der Waals surface area contributed by atoms with Crippen LogP contribution in [0.1, 0.15) is 92.4 Å². The zero-order chi connectivity index (χ0) is 24.1. The second-order valence-corrected chi connectivity index (χ2v) is 10.0. The van der Waals surface area contributed by atoms with Crippen molar-refractivity contribution in [3.8, 4) is 0 Å². The largest absolute Gasteiger partial charge is 0.348 e. The van der Waals surface area contributed by atoms with E-state index < -0.39 is 0 Å². The van der Waals surface area contributed by atoms with E-state index in [1.54, 1.807) is 6.20 Å². The van der Waals surface area contributed by atoms with Gasteiger partial charge in [-0.25, -0.2) is 4.98 Å². The SMILES string of the molecule is O=C(CCCCCNC1CCCCCC1)c1ccc(CN(CC2=NC=CC2)Cc2ncc[nH]2)cc1. The van der Waals surface area contributed by atoms with Gasteiger partial charge in [0, 0.05) is 61.8 Å². The van der Waals surface area contributed by atoms with Crippen LogP contribution in [0, 0.1) is 0 Å². The van der Waals surface area contributed by atoms with Gasteiger partial charge in [0.1, 0.15) is 5.82 Å². The number of aromatic nitrogens is 2. The second kappa shape index (κ2) is 14.1. The van der Waals surface area contributed by atoms with Crippen molar-refractivity contribution in [3.05, 3.63) is 65.9 Å². The molecule has 2 heterocycles. The number of imidazole rings is 1. The highest BCUT2D eigenvalue weighted by molar-refractivity contribution is 5.96. The molecule has 2 aromatic rings. The maximum atomic E-state index is 12.7. The molecule has 1 aromatic heterocycles. The lowest BCUT2D eigenvalue weighted by molar-refractivity contribution is 0.0979.